The standard InChI is InChI=1S/C14H10FN7OS2/c1-6-19-22-14(25-6)17-10(23)5-24-13-18-12-11(20-21-13)8-4-7(15)2-3-9(8)16-12/h2-4H,5H2,1H3,(H,16,18,21)(H,17,22,23). The summed E-state index contributed by atoms with van der Waals surface area (Å²) in [5.74, 6) is -0.471. The van der Waals surface area contributed by atoms with E-state index in [4.69, 9.17) is 0 Å². The van der Waals surface area contributed by atoms with E-state index >= 15 is 0 Å². The van der Waals surface area contributed by atoms with Crippen LogP contribution in [-0.2, 0) is 4.79 Å². The number of benzene rings is 1. The highest BCUT2D eigenvalue weighted by Crippen LogP contribution is 2.24. The second kappa shape index (κ2) is 6.33. The maximum atomic E-state index is 13.4. The maximum absolute atomic E-state index is 13.4. The molecule has 0 unspecified atom stereocenters. The molecule has 0 aliphatic carbocycles. The number of aromatic amines is 1. The Morgan fingerprint density at radius 1 is 1.32 bits per heavy atom. The van der Waals surface area contributed by atoms with E-state index in [9.17, 15) is 9.18 Å². The summed E-state index contributed by atoms with van der Waals surface area (Å²) < 4.78 is 13.4. The number of nitrogens with zero attached hydrogens (tertiary/aromatic N) is 5. The van der Waals surface area contributed by atoms with Gasteiger partial charge < -0.3 is 4.98 Å². The monoisotopic (exact) mass is 375 g/mol. The summed E-state index contributed by atoms with van der Waals surface area (Å²) in [6.45, 7) is 1.81. The molecule has 0 aliphatic rings. The molecule has 0 radical (unpaired) electrons. The third-order valence-electron chi connectivity index (χ3n) is 3.26. The number of nitrogens with one attached hydrogen (secondary N) is 2. The van der Waals surface area contributed by atoms with E-state index in [-0.39, 0.29) is 17.5 Å². The number of halogens is 1. The van der Waals surface area contributed by atoms with Gasteiger partial charge in [-0.2, -0.15) is 0 Å². The molecule has 0 spiro atoms. The van der Waals surface area contributed by atoms with E-state index in [1.165, 1.54) is 23.5 Å². The van der Waals surface area contributed by atoms with Crippen LogP contribution in [0.3, 0.4) is 0 Å². The fourth-order valence-electron chi connectivity index (χ4n) is 2.22. The Hall–Kier alpha value is -2.66. The van der Waals surface area contributed by atoms with Crippen molar-refractivity contribution in [3.8, 4) is 0 Å². The van der Waals surface area contributed by atoms with Crippen molar-refractivity contribution in [2.75, 3.05) is 11.1 Å². The minimum absolute atomic E-state index is 0.112. The summed E-state index contributed by atoms with van der Waals surface area (Å²) >= 11 is 2.45. The number of thioether (sulfide) groups is 1. The lowest BCUT2D eigenvalue weighted by Gasteiger charge is -2.00. The largest absolute Gasteiger partial charge is 0.338 e. The number of hydrogen-bond acceptors (Lipinski definition) is 8. The first-order valence-corrected chi connectivity index (χ1v) is 8.93. The Bertz CT molecular complexity index is 1090. The first kappa shape index (κ1) is 15.8. The van der Waals surface area contributed by atoms with Gasteiger partial charge in [-0.25, -0.2) is 9.37 Å². The van der Waals surface area contributed by atoms with E-state index in [0.717, 1.165) is 22.3 Å². The predicted octanol–water partition coefficient (Wildman–Crippen LogP) is 2.54. The van der Waals surface area contributed by atoms with Crippen molar-refractivity contribution < 1.29 is 9.18 Å². The van der Waals surface area contributed by atoms with Crippen LogP contribution in [0.1, 0.15) is 5.01 Å². The number of rotatable bonds is 4. The van der Waals surface area contributed by atoms with Gasteiger partial charge in [0.05, 0.1) is 5.75 Å². The summed E-state index contributed by atoms with van der Waals surface area (Å²) in [6.07, 6.45) is 0. The van der Waals surface area contributed by atoms with E-state index < -0.39 is 0 Å². The second-order valence-electron chi connectivity index (χ2n) is 5.07. The number of aromatic nitrogens is 6. The normalized spacial score (nSPS) is 11.3. The van der Waals surface area contributed by atoms with Gasteiger partial charge in [0, 0.05) is 10.9 Å². The molecule has 3 heterocycles. The van der Waals surface area contributed by atoms with Crippen molar-refractivity contribution in [1.82, 2.24) is 30.4 Å². The van der Waals surface area contributed by atoms with Crippen molar-refractivity contribution in [2.24, 2.45) is 0 Å². The Labute approximate surface area is 148 Å². The van der Waals surface area contributed by atoms with Gasteiger partial charge in [-0.05, 0) is 25.1 Å². The van der Waals surface area contributed by atoms with Gasteiger partial charge in [0.15, 0.2) is 5.65 Å². The zero-order valence-corrected chi connectivity index (χ0v) is 14.4. The van der Waals surface area contributed by atoms with Crippen LogP contribution in [0, 0.1) is 12.7 Å². The molecule has 0 aliphatic heterocycles. The summed E-state index contributed by atoms with van der Waals surface area (Å²) in [4.78, 5) is 19.3. The van der Waals surface area contributed by atoms with Gasteiger partial charge in [0.25, 0.3) is 0 Å². The van der Waals surface area contributed by atoms with Crippen LogP contribution in [0.5, 0.6) is 0 Å². The zero-order chi connectivity index (χ0) is 17.4. The molecule has 3 aromatic heterocycles. The molecule has 25 heavy (non-hydrogen) atoms. The average Bonchev–Trinajstić information content (AvgIpc) is 3.15. The minimum Gasteiger partial charge on any atom is -0.338 e. The first-order valence-electron chi connectivity index (χ1n) is 7.13. The molecule has 4 rings (SSSR count). The summed E-state index contributed by atoms with van der Waals surface area (Å²) in [6, 6.07) is 4.37. The molecule has 1 aromatic carbocycles. The molecule has 2 N–H and O–H groups in total. The van der Waals surface area contributed by atoms with Gasteiger partial charge in [0.2, 0.25) is 16.2 Å². The Morgan fingerprint density at radius 3 is 3.00 bits per heavy atom. The Balaban J connectivity index is 1.50. The van der Waals surface area contributed by atoms with Gasteiger partial charge in [0.1, 0.15) is 16.3 Å². The highest BCUT2D eigenvalue weighted by Gasteiger charge is 2.12. The van der Waals surface area contributed by atoms with Crippen LogP contribution in [0.2, 0.25) is 0 Å². The van der Waals surface area contributed by atoms with Crippen molar-refractivity contribution in [1.29, 1.82) is 0 Å². The van der Waals surface area contributed by atoms with Crippen LogP contribution in [0.25, 0.3) is 22.1 Å². The van der Waals surface area contributed by atoms with Crippen molar-refractivity contribution in [3.63, 3.8) is 0 Å². The molecule has 0 saturated heterocycles. The van der Waals surface area contributed by atoms with Gasteiger partial charge in [-0.3, -0.25) is 10.1 Å². The highest BCUT2D eigenvalue weighted by molar-refractivity contribution is 7.99. The molecule has 0 atom stereocenters. The summed E-state index contributed by atoms with van der Waals surface area (Å²) in [7, 11) is 0. The quantitative estimate of drug-likeness (QED) is 0.528. The number of amides is 1. The molecule has 1 amide bonds. The second-order valence-corrected chi connectivity index (χ2v) is 7.19. The Morgan fingerprint density at radius 2 is 2.20 bits per heavy atom. The van der Waals surface area contributed by atoms with E-state index in [1.807, 2.05) is 6.92 Å². The highest BCUT2D eigenvalue weighted by atomic mass is 32.2. The molecule has 0 saturated carbocycles. The zero-order valence-electron chi connectivity index (χ0n) is 12.8. The number of fused-ring (bicyclic) bond motifs is 3. The number of H-pyrrole nitrogens is 1. The fraction of sp³-hybridized carbons (Fsp3) is 0.143. The van der Waals surface area contributed by atoms with Crippen molar-refractivity contribution in [2.45, 2.75) is 12.1 Å². The predicted molar refractivity (Wildman–Crippen MR) is 93.1 cm³/mol. The van der Waals surface area contributed by atoms with Crippen molar-refractivity contribution >= 4 is 56.2 Å². The fourth-order valence-corrected chi connectivity index (χ4v) is 3.42. The van der Waals surface area contributed by atoms with Crippen LogP contribution in [0.4, 0.5) is 9.52 Å². The molecular weight excluding hydrogens is 365 g/mol. The van der Waals surface area contributed by atoms with Gasteiger partial charge in [-0.1, -0.05) is 23.1 Å². The molecule has 8 nitrogen and oxygen atoms in total. The molecule has 126 valence electrons. The number of aryl methyl sites for hydroxylation is 1. The number of anilines is 1. The molecule has 0 bridgehead atoms. The lowest BCUT2D eigenvalue weighted by Crippen LogP contribution is -2.14. The van der Waals surface area contributed by atoms with Crippen LogP contribution in [-0.4, -0.2) is 42.0 Å². The van der Waals surface area contributed by atoms with Crippen LogP contribution >= 0.6 is 23.1 Å². The first-order chi connectivity index (χ1) is 12.1. The Kier molecular flexibility index (Phi) is 4.01. The molecular formula is C14H10FN7OS2. The minimum atomic E-state index is -0.350. The van der Waals surface area contributed by atoms with E-state index in [0.29, 0.717) is 26.8 Å². The van der Waals surface area contributed by atoms with E-state index in [2.05, 4.69) is 35.7 Å². The van der Waals surface area contributed by atoms with E-state index in [1.54, 1.807) is 6.07 Å². The average molecular weight is 375 g/mol. The number of carbonyl (C=O) groups is 1. The van der Waals surface area contributed by atoms with Crippen molar-refractivity contribution in [3.05, 3.63) is 29.0 Å². The van der Waals surface area contributed by atoms with Gasteiger partial charge >= 0.3 is 0 Å². The summed E-state index contributed by atoms with van der Waals surface area (Å²) in [5.41, 5.74) is 1.72. The number of carbonyl (C=O) groups excluding carboxylic acids is 1. The summed E-state index contributed by atoms with van der Waals surface area (Å²) in [5, 5.41) is 20.6. The maximum Gasteiger partial charge on any atom is 0.236 e. The van der Waals surface area contributed by atoms with Gasteiger partial charge in [-0.15, -0.1) is 20.4 Å². The molecule has 0 fully saturated rings. The lowest BCUT2D eigenvalue weighted by molar-refractivity contribution is -0.113. The molecule has 11 heteroatoms. The number of hydrogen-bond donors (Lipinski definition) is 2. The lowest BCUT2D eigenvalue weighted by atomic mass is 10.2. The van der Waals surface area contributed by atoms with Crippen LogP contribution in [0.15, 0.2) is 23.4 Å². The smallest absolute Gasteiger partial charge is 0.236 e. The molecule has 4 aromatic rings. The van der Waals surface area contributed by atoms with Crippen LogP contribution < -0.4 is 5.32 Å². The third kappa shape index (κ3) is 3.28. The topological polar surface area (TPSA) is 109 Å². The SMILES string of the molecule is Cc1nnc(NC(=O)CSc2nnc3c(n2)[nH]c2ccc(F)cc23)s1. The third-order valence-corrected chi connectivity index (χ3v) is 4.85.